The number of carbonyl (C=O) groups is 2. The molecule has 0 rings (SSSR count). The van der Waals surface area contributed by atoms with E-state index >= 15 is 0 Å². The molecule has 0 saturated carbocycles. The van der Waals surface area contributed by atoms with Crippen LogP contribution in [0.2, 0.25) is 0 Å². The lowest BCUT2D eigenvalue weighted by molar-refractivity contribution is -0.146. The number of rotatable bonds is 8. The summed E-state index contributed by atoms with van der Waals surface area (Å²) in [5.74, 6) is -0.473. The Morgan fingerprint density at radius 3 is 2.32 bits per heavy atom. The number of esters is 1. The van der Waals surface area contributed by atoms with Crippen LogP contribution in [0.1, 0.15) is 60.8 Å². The summed E-state index contributed by atoms with van der Waals surface area (Å²) in [4.78, 5) is 23.5. The van der Waals surface area contributed by atoms with Crippen molar-refractivity contribution in [1.29, 1.82) is 0 Å². The summed E-state index contributed by atoms with van der Waals surface area (Å²) in [6.07, 6.45) is 5.89. The third-order valence-corrected chi connectivity index (χ3v) is 2.83. The van der Waals surface area contributed by atoms with Crippen molar-refractivity contribution in [3.63, 3.8) is 0 Å². The molecule has 0 unspecified atom stereocenters. The van der Waals surface area contributed by atoms with Crippen LogP contribution in [0.4, 0.5) is 4.79 Å². The SMILES string of the molecule is CCCC[C@H](/C=C/[C@@H](C)NC(=O)OC(C)(C)C)C(=O)OCC. The van der Waals surface area contributed by atoms with Crippen LogP contribution < -0.4 is 5.32 Å². The average Bonchev–Trinajstić information content (AvgIpc) is 2.36. The second kappa shape index (κ2) is 10.2. The lowest BCUT2D eigenvalue weighted by Crippen LogP contribution is -2.36. The molecule has 0 aliphatic rings. The van der Waals surface area contributed by atoms with Crippen LogP contribution in [0, 0.1) is 5.92 Å². The van der Waals surface area contributed by atoms with Gasteiger partial charge in [-0.25, -0.2) is 4.79 Å². The Balaban J connectivity index is 4.52. The van der Waals surface area contributed by atoms with Gasteiger partial charge in [0.15, 0.2) is 0 Å². The summed E-state index contributed by atoms with van der Waals surface area (Å²) in [6, 6.07) is -0.214. The Hall–Kier alpha value is -1.52. The molecule has 0 bridgehead atoms. The average molecular weight is 313 g/mol. The van der Waals surface area contributed by atoms with Crippen LogP contribution >= 0.6 is 0 Å². The Morgan fingerprint density at radius 1 is 1.18 bits per heavy atom. The smallest absolute Gasteiger partial charge is 0.408 e. The van der Waals surface area contributed by atoms with Crippen molar-refractivity contribution in [1.82, 2.24) is 5.32 Å². The summed E-state index contributed by atoms with van der Waals surface area (Å²) in [6.45, 7) is 11.5. The molecule has 0 spiro atoms. The van der Waals surface area contributed by atoms with Crippen LogP contribution in [0.15, 0.2) is 12.2 Å². The molecule has 5 heteroatoms. The van der Waals surface area contributed by atoms with E-state index in [4.69, 9.17) is 9.47 Å². The molecule has 0 radical (unpaired) electrons. The lowest BCUT2D eigenvalue weighted by Gasteiger charge is -2.21. The van der Waals surface area contributed by atoms with Gasteiger partial charge in [-0.1, -0.05) is 31.9 Å². The molecular formula is C17H31NO4. The fourth-order valence-corrected chi connectivity index (χ4v) is 1.81. The van der Waals surface area contributed by atoms with Crippen LogP contribution in [0.5, 0.6) is 0 Å². The number of nitrogens with one attached hydrogen (secondary N) is 1. The molecule has 2 atom stereocenters. The van der Waals surface area contributed by atoms with Gasteiger partial charge in [0.25, 0.3) is 0 Å². The molecule has 0 aromatic rings. The summed E-state index contributed by atoms with van der Waals surface area (Å²) in [5.41, 5.74) is -0.526. The molecule has 128 valence electrons. The topological polar surface area (TPSA) is 64.6 Å². The number of hydrogen-bond donors (Lipinski definition) is 1. The largest absolute Gasteiger partial charge is 0.466 e. The maximum absolute atomic E-state index is 11.9. The molecule has 0 fully saturated rings. The van der Waals surface area contributed by atoms with E-state index in [1.54, 1.807) is 13.0 Å². The summed E-state index contributed by atoms with van der Waals surface area (Å²) >= 11 is 0. The minimum absolute atomic E-state index is 0.211. The molecule has 5 nitrogen and oxygen atoms in total. The normalized spacial score (nSPS) is 14.5. The first kappa shape index (κ1) is 20.5. The molecule has 1 amide bonds. The summed E-state index contributed by atoms with van der Waals surface area (Å²) in [7, 11) is 0. The predicted octanol–water partition coefficient (Wildman–Crippen LogP) is 3.83. The molecule has 1 N–H and O–H groups in total. The number of hydrogen-bond acceptors (Lipinski definition) is 4. The van der Waals surface area contributed by atoms with E-state index in [1.807, 2.05) is 33.8 Å². The van der Waals surface area contributed by atoms with E-state index < -0.39 is 11.7 Å². The highest BCUT2D eigenvalue weighted by Crippen LogP contribution is 2.13. The molecule has 0 aromatic heterocycles. The van der Waals surface area contributed by atoms with Gasteiger partial charge in [-0.2, -0.15) is 0 Å². The highest BCUT2D eigenvalue weighted by molar-refractivity contribution is 5.74. The van der Waals surface area contributed by atoms with E-state index in [0.717, 1.165) is 19.3 Å². The second-order valence-corrected chi connectivity index (χ2v) is 6.32. The number of amides is 1. The van der Waals surface area contributed by atoms with Crippen LogP contribution in [-0.4, -0.2) is 30.3 Å². The van der Waals surface area contributed by atoms with E-state index in [-0.39, 0.29) is 17.9 Å². The second-order valence-electron chi connectivity index (χ2n) is 6.32. The number of ether oxygens (including phenoxy) is 2. The molecular weight excluding hydrogens is 282 g/mol. The van der Waals surface area contributed by atoms with Gasteiger partial charge < -0.3 is 14.8 Å². The molecule has 0 saturated heterocycles. The minimum atomic E-state index is -0.526. The first-order valence-electron chi connectivity index (χ1n) is 8.04. The standard InChI is InChI=1S/C17H31NO4/c1-7-9-10-14(15(19)21-8-2)12-11-13(3)18-16(20)22-17(4,5)6/h11-14H,7-10H2,1-6H3,(H,18,20)/b12-11+/t13-,14-/m1/s1. The van der Waals surface area contributed by atoms with E-state index in [1.165, 1.54) is 0 Å². The maximum Gasteiger partial charge on any atom is 0.408 e. The Bertz CT molecular complexity index is 371. The van der Waals surface area contributed by atoms with Gasteiger partial charge in [0.1, 0.15) is 5.60 Å². The number of unbranched alkanes of at least 4 members (excludes halogenated alkanes) is 1. The van der Waals surface area contributed by atoms with Gasteiger partial charge in [-0.05, 0) is 41.0 Å². The van der Waals surface area contributed by atoms with Gasteiger partial charge in [0.05, 0.1) is 12.5 Å². The Morgan fingerprint density at radius 2 is 1.82 bits per heavy atom. The molecule has 0 aromatic carbocycles. The molecule has 0 heterocycles. The van der Waals surface area contributed by atoms with Crippen molar-refractivity contribution in [2.24, 2.45) is 5.92 Å². The van der Waals surface area contributed by atoms with Gasteiger partial charge in [-0.3, -0.25) is 4.79 Å². The van der Waals surface area contributed by atoms with Crippen molar-refractivity contribution >= 4 is 12.1 Å². The van der Waals surface area contributed by atoms with Crippen molar-refractivity contribution in [2.45, 2.75) is 72.4 Å². The highest BCUT2D eigenvalue weighted by atomic mass is 16.6. The molecule has 22 heavy (non-hydrogen) atoms. The van der Waals surface area contributed by atoms with E-state index in [2.05, 4.69) is 12.2 Å². The summed E-state index contributed by atoms with van der Waals surface area (Å²) in [5, 5.41) is 2.72. The van der Waals surface area contributed by atoms with Crippen LogP contribution in [0.3, 0.4) is 0 Å². The predicted molar refractivity (Wildman–Crippen MR) is 87.6 cm³/mol. The molecule has 0 aliphatic carbocycles. The fraction of sp³-hybridized carbons (Fsp3) is 0.765. The lowest BCUT2D eigenvalue weighted by atomic mass is 10.0. The van der Waals surface area contributed by atoms with Gasteiger partial charge in [0.2, 0.25) is 0 Å². The zero-order valence-electron chi connectivity index (χ0n) is 14.8. The Labute approximate surface area is 134 Å². The van der Waals surface area contributed by atoms with Crippen LogP contribution in [-0.2, 0) is 14.3 Å². The zero-order chi connectivity index (χ0) is 17.2. The first-order valence-corrected chi connectivity index (χ1v) is 8.04. The maximum atomic E-state index is 11.9. The minimum Gasteiger partial charge on any atom is -0.466 e. The quantitative estimate of drug-likeness (QED) is 0.546. The van der Waals surface area contributed by atoms with Crippen molar-refractivity contribution in [3.8, 4) is 0 Å². The van der Waals surface area contributed by atoms with Crippen molar-refractivity contribution in [3.05, 3.63) is 12.2 Å². The fourth-order valence-electron chi connectivity index (χ4n) is 1.81. The number of carbonyl (C=O) groups excluding carboxylic acids is 2. The van der Waals surface area contributed by atoms with E-state index in [9.17, 15) is 9.59 Å². The van der Waals surface area contributed by atoms with Crippen LogP contribution in [0.25, 0.3) is 0 Å². The first-order chi connectivity index (χ1) is 10.2. The van der Waals surface area contributed by atoms with Crippen molar-refractivity contribution in [2.75, 3.05) is 6.61 Å². The molecule has 0 aliphatic heterocycles. The van der Waals surface area contributed by atoms with Gasteiger partial charge in [-0.15, -0.1) is 0 Å². The van der Waals surface area contributed by atoms with E-state index in [0.29, 0.717) is 6.61 Å². The third-order valence-electron chi connectivity index (χ3n) is 2.83. The van der Waals surface area contributed by atoms with Gasteiger partial charge in [0, 0.05) is 6.04 Å². The van der Waals surface area contributed by atoms with Crippen molar-refractivity contribution < 1.29 is 19.1 Å². The number of alkyl carbamates (subject to hydrolysis) is 1. The third kappa shape index (κ3) is 10.2. The highest BCUT2D eigenvalue weighted by Gasteiger charge is 2.18. The summed E-state index contributed by atoms with van der Waals surface area (Å²) < 4.78 is 10.3. The van der Waals surface area contributed by atoms with Gasteiger partial charge >= 0.3 is 12.1 Å². The zero-order valence-corrected chi connectivity index (χ0v) is 14.8. The monoisotopic (exact) mass is 313 g/mol. The Kier molecular flexibility index (Phi) is 9.54.